The molecule has 2 atom stereocenters. The number of nitrogens with zero attached hydrogens (tertiary/aromatic N) is 2. The number of hydrogen-bond acceptors (Lipinski definition) is 5. The largest absolute Gasteiger partial charge is 0.396 e. The second-order valence-corrected chi connectivity index (χ2v) is 7.62. The molecule has 0 amide bonds. The van der Waals surface area contributed by atoms with Gasteiger partial charge >= 0.3 is 0 Å². The lowest BCUT2D eigenvalue weighted by molar-refractivity contribution is 0.339. The van der Waals surface area contributed by atoms with E-state index in [4.69, 9.17) is 5.73 Å². The molecule has 2 N–H and O–H groups in total. The highest BCUT2D eigenvalue weighted by atomic mass is 32.2. The van der Waals surface area contributed by atoms with Gasteiger partial charge in [0.05, 0.1) is 5.69 Å². The van der Waals surface area contributed by atoms with Gasteiger partial charge in [-0.05, 0) is 19.1 Å². The van der Waals surface area contributed by atoms with Crippen molar-refractivity contribution in [2.24, 2.45) is 0 Å². The number of nitrogen functional groups attached to an aromatic ring is 1. The van der Waals surface area contributed by atoms with Crippen molar-refractivity contribution in [3.05, 3.63) is 18.3 Å². The van der Waals surface area contributed by atoms with Crippen molar-refractivity contribution in [2.75, 3.05) is 18.0 Å². The van der Waals surface area contributed by atoms with Crippen LogP contribution in [0, 0.1) is 0 Å². The van der Waals surface area contributed by atoms with Crippen molar-refractivity contribution >= 4 is 27.5 Å². The molecular weight excluding hydrogens is 270 g/mol. The Morgan fingerprint density at radius 1 is 1.50 bits per heavy atom. The molecule has 2 rings (SSSR count). The normalized spacial score (nSPS) is 26.1. The van der Waals surface area contributed by atoms with Gasteiger partial charge in [0.1, 0.15) is 0 Å². The fourth-order valence-electron chi connectivity index (χ4n) is 1.97. The van der Waals surface area contributed by atoms with E-state index >= 15 is 0 Å². The number of nitrogens with two attached hydrogens (primary N) is 1. The van der Waals surface area contributed by atoms with E-state index in [1.165, 1.54) is 10.5 Å². The molecule has 1 aromatic rings. The Kier molecular flexibility index (Phi) is 3.84. The Morgan fingerprint density at radius 2 is 2.22 bits per heavy atom. The second kappa shape index (κ2) is 5.07. The molecule has 1 aliphatic heterocycles. The average Bonchev–Trinajstić information content (AvgIpc) is 2.32. The van der Waals surface area contributed by atoms with Gasteiger partial charge in [-0.15, -0.1) is 0 Å². The topological polar surface area (TPSA) is 76.3 Å². The van der Waals surface area contributed by atoms with E-state index in [0.717, 1.165) is 5.75 Å². The van der Waals surface area contributed by atoms with Crippen LogP contribution in [0.5, 0.6) is 0 Å². The highest BCUT2D eigenvalue weighted by Gasteiger charge is 2.36. The van der Waals surface area contributed by atoms with Crippen molar-refractivity contribution < 1.29 is 8.42 Å². The summed E-state index contributed by atoms with van der Waals surface area (Å²) in [7, 11) is -3.59. The fraction of sp³-hybridized carbons (Fsp3) is 0.545. The summed E-state index contributed by atoms with van der Waals surface area (Å²) in [6.45, 7) is 4.47. The van der Waals surface area contributed by atoms with Gasteiger partial charge in [0, 0.05) is 29.8 Å². The Hall–Kier alpha value is -0.790. The molecule has 0 aliphatic carbocycles. The fourth-order valence-corrected chi connectivity index (χ4v) is 5.00. The van der Waals surface area contributed by atoms with E-state index in [1.54, 1.807) is 23.9 Å². The predicted molar refractivity (Wildman–Crippen MR) is 73.9 cm³/mol. The van der Waals surface area contributed by atoms with Gasteiger partial charge < -0.3 is 5.73 Å². The first-order chi connectivity index (χ1) is 8.44. The quantitative estimate of drug-likeness (QED) is 0.884. The summed E-state index contributed by atoms with van der Waals surface area (Å²) in [5.41, 5.74) is 5.92. The van der Waals surface area contributed by atoms with Crippen LogP contribution < -0.4 is 5.73 Å². The summed E-state index contributed by atoms with van der Waals surface area (Å²) in [5, 5.41) is 0.245. The minimum Gasteiger partial charge on any atom is -0.396 e. The Bertz CT molecular complexity index is 533. The molecule has 7 heteroatoms. The van der Waals surface area contributed by atoms with E-state index in [0.29, 0.717) is 6.54 Å². The van der Waals surface area contributed by atoms with Gasteiger partial charge in [0.2, 0.25) is 0 Å². The maximum Gasteiger partial charge on any atom is 0.262 e. The molecule has 0 radical (unpaired) electrons. The molecule has 0 bridgehead atoms. The summed E-state index contributed by atoms with van der Waals surface area (Å²) in [4.78, 5) is 3.92. The molecule has 5 nitrogen and oxygen atoms in total. The van der Waals surface area contributed by atoms with E-state index in [-0.39, 0.29) is 22.0 Å². The van der Waals surface area contributed by atoms with Crippen molar-refractivity contribution in [1.82, 2.24) is 9.29 Å². The molecule has 1 saturated heterocycles. The molecule has 1 aliphatic rings. The van der Waals surface area contributed by atoms with Crippen LogP contribution in [0.2, 0.25) is 0 Å². The molecular formula is C11H17N3O2S2. The number of rotatable bonds is 2. The third-order valence-corrected chi connectivity index (χ3v) is 6.48. The number of pyridine rings is 1. The number of anilines is 1. The minimum absolute atomic E-state index is 0.0315. The van der Waals surface area contributed by atoms with Crippen LogP contribution in [0.25, 0.3) is 0 Å². The summed E-state index contributed by atoms with van der Waals surface area (Å²) in [5.74, 6) is 0.803. The maximum absolute atomic E-state index is 12.5. The van der Waals surface area contributed by atoms with Gasteiger partial charge in [-0.1, -0.05) is 6.92 Å². The van der Waals surface area contributed by atoms with Crippen molar-refractivity contribution in [3.8, 4) is 0 Å². The van der Waals surface area contributed by atoms with Gasteiger partial charge in [-0.3, -0.25) is 0 Å². The third kappa shape index (κ3) is 2.34. The lowest BCUT2D eigenvalue weighted by Crippen LogP contribution is -2.48. The first kappa shape index (κ1) is 13.6. The monoisotopic (exact) mass is 287 g/mol. The van der Waals surface area contributed by atoms with E-state index in [9.17, 15) is 8.42 Å². The smallest absolute Gasteiger partial charge is 0.262 e. The van der Waals surface area contributed by atoms with Gasteiger partial charge in [-0.2, -0.15) is 16.1 Å². The van der Waals surface area contributed by atoms with Crippen molar-refractivity contribution in [1.29, 1.82) is 0 Å². The summed E-state index contributed by atoms with van der Waals surface area (Å²) >= 11 is 1.79. The molecule has 2 unspecified atom stereocenters. The van der Waals surface area contributed by atoms with Crippen LogP contribution in [0.4, 0.5) is 5.69 Å². The highest BCUT2D eigenvalue weighted by molar-refractivity contribution is 8.00. The minimum atomic E-state index is -3.59. The van der Waals surface area contributed by atoms with Crippen LogP contribution in [0.1, 0.15) is 13.8 Å². The molecule has 2 heterocycles. The molecule has 1 aromatic heterocycles. The molecule has 0 saturated carbocycles. The molecule has 1 fully saturated rings. The lowest BCUT2D eigenvalue weighted by atomic mass is 10.2. The van der Waals surface area contributed by atoms with Crippen LogP contribution in [0.15, 0.2) is 23.4 Å². The standard InChI is InChI=1S/C11H17N3O2S2/c1-8-9(2)17-7-6-14(8)18(15,16)11-10(12)4-3-5-13-11/h3-5,8-9H,6-7,12H2,1-2H3. The molecule has 100 valence electrons. The summed E-state index contributed by atoms with van der Waals surface area (Å²) < 4.78 is 26.6. The van der Waals surface area contributed by atoms with Crippen LogP contribution >= 0.6 is 11.8 Å². The second-order valence-electron chi connectivity index (χ2n) is 4.33. The Labute approximate surface area is 112 Å². The van der Waals surface area contributed by atoms with Crippen molar-refractivity contribution in [3.63, 3.8) is 0 Å². The predicted octanol–water partition coefficient (Wildman–Crippen LogP) is 1.18. The van der Waals surface area contributed by atoms with E-state index < -0.39 is 10.0 Å². The average molecular weight is 287 g/mol. The Balaban J connectivity index is 2.40. The summed E-state index contributed by atoms with van der Waals surface area (Å²) in [6, 6.07) is 3.15. The van der Waals surface area contributed by atoms with Crippen molar-refractivity contribution in [2.45, 2.75) is 30.2 Å². The van der Waals surface area contributed by atoms with Gasteiger partial charge in [-0.25, -0.2) is 13.4 Å². The first-order valence-corrected chi connectivity index (χ1v) is 8.27. The maximum atomic E-state index is 12.5. The lowest BCUT2D eigenvalue weighted by Gasteiger charge is -2.36. The number of sulfonamides is 1. The van der Waals surface area contributed by atoms with E-state index in [1.807, 2.05) is 13.8 Å². The molecule has 0 aromatic carbocycles. The van der Waals surface area contributed by atoms with Crippen LogP contribution in [-0.4, -0.2) is 41.3 Å². The first-order valence-electron chi connectivity index (χ1n) is 5.78. The molecule has 18 heavy (non-hydrogen) atoms. The summed E-state index contributed by atoms with van der Waals surface area (Å²) in [6.07, 6.45) is 1.45. The number of hydrogen-bond donors (Lipinski definition) is 1. The molecule has 0 spiro atoms. The zero-order valence-electron chi connectivity index (χ0n) is 10.4. The zero-order chi connectivity index (χ0) is 13.3. The Morgan fingerprint density at radius 3 is 2.89 bits per heavy atom. The van der Waals surface area contributed by atoms with Gasteiger partial charge in [0.15, 0.2) is 5.03 Å². The highest BCUT2D eigenvalue weighted by Crippen LogP contribution is 2.30. The van der Waals surface area contributed by atoms with Crippen LogP contribution in [-0.2, 0) is 10.0 Å². The number of thioether (sulfide) groups is 1. The van der Waals surface area contributed by atoms with E-state index in [2.05, 4.69) is 4.98 Å². The van der Waals surface area contributed by atoms with Crippen LogP contribution in [0.3, 0.4) is 0 Å². The van der Waals surface area contributed by atoms with Gasteiger partial charge in [0.25, 0.3) is 10.0 Å². The third-order valence-electron chi connectivity index (χ3n) is 3.18. The SMILES string of the molecule is CC1SCCN(S(=O)(=O)c2ncccc2N)C1C. The number of aromatic nitrogens is 1. The zero-order valence-corrected chi connectivity index (χ0v) is 12.0.